The van der Waals surface area contributed by atoms with E-state index in [0.29, 0.717) is 5.56 Å². The molecule has 1 aliphatic rings. The van der Waals surface area contributed by atoms with E-state index in [4.69, 9.17) is 0 Å². The molecule has 1 saturated heterocycles. The van der Waals surface area contributed by atoms with E-state index in [0.717, 1.165) is 6.07 Å². The van der Waals surface area contributed by atoms with Crippen molar-refractivity contribution in [3.05, 3.63) is 65.7 Å². The number of hydrogen-bond donors (Lipinski definition) is 0. The Morgan fingerprint density at radius 1 is 1.07 bits per heavy atom. The lowest BCUT2D eigenvalue weighted by molar-refractivity contribution is -0.137. The van der Waals surface area contributed by atoms with Gasteiger partial charge >= 0.3 is 0 Å². The molecule has 30 heavy (non-hydrogen) atoms. The van der Waals surface area contributed by atoms with Crippen LogP contribution < -0.4 is 0 Å². The van der Waals surface area contributed by atoms with Crippen molar-refractivity contribution >= 4 is 15.9 Å². The zero-order valence-corrected chi connectivity index (χ0v) is 17.8. The standard InChI is InChI=1S/C21H25F2N3O3S/c1-16(24(2)15-17-8-9-18(22)14-20(17)23)21(27)25-10-12-26(13-11-25)30(28,29)19-6-4-3-5-7-19/h3-9,14,16H,10-13,15H2,1-2H3. The van der Waals surface area contributed by atoms with Gasteiger partial charge in [-0.05, 0) is 32.2 Å². The van der Waals surface area contributed by atoms with E-state index in [9.17, 15) is 22.0 Å². The fourth-order valence-corrected chi connectivity index (χ4v) is 4.84. The highest BCUT2D eigenvalue weighted by atomic mass is 32.2. The minimum atomic E-state index is -3.58. The molecular formula is C21H25F2N3O3S. The SMILES string of the molecule is CC(C(=O)N1CCN(S(=O)(=O)c2ccccc2)CC1)N(C)Cc1ccc(F)cc1F. The fraction of sp³-hybridized carbons (Fsp3) is 0.381. The molecule has 0 aromatic heterocycles. The molecule has 1 aliphatic heterocycles. The molecule has 9 heteroatoms. The summed E-state index contributed by atoms with van der Waals surface area (Å²) in [5, 5.41) is 0. The van der Waals surface area contributed by atoms with Crippen LogP contribution >= 0.6 is 0 Å². The van der Waals surface area contributed by atoms with Crippen molar-refractivity contribution in [3.8, 4) is 0 Å². The third-order valence-electron chi connectivity index (χ3n) is 5.38. The smallest absolute Gasteiger partial charge is 0.243 e. The van der Waals surface area contributed by atoms with Gasteiger partial charge < -0.3 is 4.90 Å². The van der Waals surface area contributed by atoms with Gasteiger partial charge in [0.15, 0.2) is 0 Å². The summed E-state index contributed by atoms with van der Waals surface area (Å²) in [4.78, 5) is 16.4. The number of nitrogens with zero attached hydrogens (tertiary/aromatic N) is 3. The van der Waals surface area contributed by atoms with Crippen LogP contribution in [0.2, 0.25) is 0 Å². The maximum absolute atomic E-state index is 13.9. The quantitative estimate of drug-likeness (QED) is 0.696. The van der Waals surface area contributed by atoms with Crippen LogP contribution in [0.1, 0.15) is 12.5 Å². The number of carbonyl (C=O) groups is 1. The number of halogens is 2. The van der Waals surface area contributed by atoms with Gasteiger partial charge in [0.05, 0.1) is 10.9 Å². The Morgan fingerprint density at radius 2 is 1.70 bits per heavy atom. The van der Waals surface area contributed by atoms with E-state index in [1.807, 2.05) is 0 Å². The van der Waals surface area contributed by atoms with E-state index in [1.165, 1.54) is 16.4 Å². The third-order valence-corrected chi connectivity index (χ3v) is 7.30. The predicted octanol–water partition coefficient (Wildman–Crippen LogP) is 2.32. The molecule has 2 aromatic carbocycles. The lowest BCUT2D eigenvalue weighted by Gasteiger charge is -2.36. The van der Waals surface area contributed by atoms with Crippen molar-refractivity contribution in [2.75, 3.05) is 33.2 Å². The van der Waals surface area contributed by atoms with Gasteiger partial charge in [0.1, 0.15) is 11.6 Å². The zero-order valence-electron chi connectivity index (χ0n) is 17.0. The molecule has 0 bridgehead atoms. The third kappa shape index (κ3) is 4.85. The summed E-state index contributed by atoms with van der Waals surface area (Å²) < 4.78 is 53.8. The molecule has 162 valence electrons. The van der Waals surface area contributed by atoms with Gasteiger partial charge in [0.25, 0.3) is 0 Å². The topological polar surface area (TPSA) is 60.9 Å². The summed E-state index contributed by atoms with van der Waals surface area (Å²) in [5.41, 5.74) is 0.303. The molecule has 3 rings (SSSR count). The Balaban J connectivity index is 1.59. The molecule has 1 unspecified atom stereocenters. The maximum atomic E-state index is 13.9. The first-order valence-electron chi connectivity index (χ1n) is 9.68. The molecule has 0 N–H and O–H groups in total. The Morgan fingerprint density at radius 3 is 2.30 bits per heavy atom. The van der Waals surface area contributed by atoms with Gasteiger partial charge in [-0.1, -0.05) is 24.3 Å². The van der Waals surface area contributed by atoms with Crippen molar-refractivity contribution in [2.24, 2.45) is 0 Å². The van der Waals surface area contributed by atoms with Crippen LogP contribution in [-0.4, -0.2) is 67.7 Å². The number of rotatable bonds is 6. The molecule has 2 aromatic rings. The minimum absolute atomic E-state index is 0.154. The summed E-state index contributed by atoms with van der Waals surface area (Å²) in [6, 6.07) is 11.1. The summed E-state index contributed by atoms with van der Waals surface area (Å²) >= 11 is 0. The van der Waals surface area contributed by atoms with Crippen LogP contribution in [-0.2, 0) is 21.4 Å². The number of hydrogen-bond acceptors (Lipinski definition) is 4. The predicted molar refractivity (Wildman–Crippen MR) is 109 cm³/mol. The average Bonchev–Trinajstić information content (AvgIpc) is 2.75. The highest BCUT2D eigenvalue weighted by Crippen LogP contribution is 2.19. The Kier molecular flexibility index (Phi) is 6.84. The van der Waals surface area contributed by atoms with Crippen LogP contribution in [0.4, 0.5) is 8.78 Å². The Labute approximate surface area is 175 Å². The molecule has 6 nitrogen and oxygen atoms in total. The van der Waals surface area contributed by atoms with E-state index in [2.05, 4.69) is 0 Å². The van der Waals surface area contributed by atoms with E-state index < -0.39 is 27.7 Å². The first-order valence-corrected chi connectivity index (χ1v) is 11.1. The second-order valence-electron chi connectivity index (χ2n) is 7.37. The second kappa shape index (κ2) is 9.20. The van der Waals surface area contributed by atoms with E-state index in [-0.39, 0.29) is 43.5 Å². The number of carbonyl (C=O) groups excluding carboxylic acids is 1. The monoisotopic (exact) mass is 437 g/mol. The summed E-state index contributed by atoms with van der Waals surface area (Å²) in [6.07, 6.45) is 0. The molecule has 1 fully saturated rings. The number of sulfonamides is 1. The lowest BCUT2D eigenvalue weighted by Crippen LogP contribution is -2.54. The molecule has 1 amide bonds. The van der Waals surface area contributed by atoms with Crippen molar-refractivity contribution in [1.82, 2.24) is 14.1 Å². The second-order valence-corrected chi connectivity index (χ2v) is 9.31. The molecule has 0 radical (unpaired) electrons. The minimum Gasteiger partial charge on any atom is -0.339 e. The zero-order chi connectivity index (χ0) is 21.9. The van der Waals surface area contributed by atoms with Crippen molar-refractivity contribution < 1.29 is 22.0 Å². The summed E-state index contributed by atoms with van der Waals surface area (Å²) in [6.45, 7) is 2.87. The number of amides is 1. The van der Waals surface area contributed by atoms with Crippen molar-refractivity contribution in [1.29, 1.82) is 0 Å². The highest BCUT2D eigenvalue weighted by Gasteiger charge is 2.32. The normalized spacial score (nSPS) is 16.6. The van der Waals surface area contributed by atoms with E-state index in [1.54, 1.807) is 54.1 Å². The highest BCUT2D eigenvalue weighted by molar-refractivity contribution is 7.89. The van der Waals surface area contributed by atoms with Crippen LogP contribution in [0.15, 0.2) is 53.4 Å². The van der Waals surface area contributed by atoms with Crippen LogP contribution in [0.25, 0.3) is 0 Å². The van der Waals surface area contributed by atoms with Gasteiger partial charge in [-0.15, -0.1) is 0 Å². The molecule has 1 atom stereocenters. The average molecular weight is 438 g/mol. The van der Waals surface area contributed by atoms with Gasteiger partial charge in [-0.2, -0.15) is 4.31 Å². The number of likely N-dealkylation sites (N-methyl/N-ethyl adjacent to an activating group) is 1. The van der Waals surface area contributed by atoms with E-state index >= 15 is 0 Å². The molecular weight excluding hydrogens is 412 g/mol. The van der Waals surface area contributed by atoms with Gasteiger partial charge in [0, 0.05) is 44.4 Å². The van der Waals surface area contributed by atoms with Crippen molar-refractivity contribution in [3.63, 3.8) is 0 Å². The summed E-state index contributed by atoms with van der Waals surface area (Å²) in [7, 11) is -1.89. The van der Waals surface area contributed by atoms with Crippen LogP contribution in [0.3, 0.4) is 0 Å². The number of piperazine rings is 1. The first kappa shape index (κ1) is 22.3. The van der Waals surface area contributed by atoms with Gasteiger partial charge in [-0.25, -0.2) is 17.2 Å². The molecule has 0 aliphatic carbocycles. The van der Waals surface area contributed by atoms with Crippen molar-refractivity contribution in [2.45, 2.75) is 24.4 Å². The molecule has 0 spiro atoms. The summed E-state index contributed by atoms with van der Waals surface area (Å²) in [5.74, 6) is -1.45. The largest absolute Gasteiger partial charge is 0.339 e. The fourth-order valence-electron chi connectivity index (χ4n) is 3.40. The Bertz CT molecular complexity index is 994. The van der Waals surface area contributed by atoms with Crippen LogP contribution in [0.5, 0.6) is 0 Å². The van der Waals surface area contributed by atoms with Gasteiger partial charge in [0.2, 0.25) is 15.9 Å². The lowest BCUT2D eigenvalue weighted by atomic mass is 10.1. The van der Waals surface area contributed by atoms with Gasteiger partial charge in [-0.3, -0.25) is 9.69 Å². The molecule has 0 saturated carbocycles. The first-order chi connectivity index (χ1) is 14.2. The Hall–Kier alpha value is -2.36. The van der Waals surface area contributed by atoms with Crippen LogP contribution in [0, 0.1) is 11.6 Å². The number of benzene rings is 2. The maximum Gasteiger partial charge on any atom is 0.243 e. The molecule has 1 heterocycles.